The molecule has 5 heteroatoms. The summed E-state index contributed by atoms with van der Waals surface area (Å²) < 4.78 is 26.8. The zero-order chi connectivity index (χ0) is 13.8. The van der Waals surface area contributed by atoms with E-state index in [1.807, 2.05) is 13.8 Å². The molecule has 1 N–H and O–H groups in total. The van der Waals surface area contributed by atoms with Crippen LogP contribution in [0.5, 0.6) is 0 Å². The fourth-order valence-corrected chi connectivity index (χ4v) is 1.62. The van der Waals surface area contributed by atoms with Crippen molar-refractivity contribution in [2.45, 2.75) is 26.4 Å². The van der Waals surface area contributed by atoms with Crippen molar-refractivity contribution in [2.24, 2.45) is 0 Å². The number of hydrogen-bond acceptors (Lipinski definition) is 3. The molecule has 0 unspecified atom stereocenters. The molecule has 0 saturated heterocycles. The summed E-state index contributed by atoms with van der Waals surface area (Å²) in [4.78, 5) is 8.34. The summed E-state index contributed by atoms with van der Waals surface area (Å²) in [6.45, 7) is 4.51. The van der Waals surface area contributed by atoms with Crippen molar-refractivity contribution >= 4 is 0 Å². The minimum atomic E-state index is -0.497. The Hall–Kier alpha value is -1.88. The molecule has 0 bridgehead atoms. The first-order valence-electron chi connectivity index (χ1n) is 6.07. The molecule has 2 rings (SSSR count). The monoisotopic (exact) mass is 263 g/mol. The molecule has 0 amide bonds. The first kappa shape index (κ1) is 13.5. The van der Waals surface area contributed by atoms with E-state index in [9.17, 15) is 8.78 Å². The Bertz CT molecular complexity index is 570. The average molecular weight is 263 g/mol. The van der Waals surface area contributed by atoms with E-state index in [1.54, 1.807) is 12.3 Å². The van der Waals surface area contributed by atoms with Crippen LogP contribution in [0.3, 0.4) is 0 Å². The molecule has 100 valence electrons. The molecule has 0 aliphatic heterocycles. The van der Waals surface area contributed by atoms with Crippen LogP contribution in [0.15, 0.2) is 30.5 Å². The molecule has 1 aromatic heterocycles. The van der Waals surface area contributed by atoms with Gasteiger partial charge in [0, 0.05) is 17.8 Å². The maximum atomic E-state index is 13.7. The molecule has 19 heavy (non-hydrogen) atoms. The minimum Gasteiger partial charge on any atom is -0.308 e. The molecular formula is C14H15F2N3. The van der Waals surface area contributed by atoms with Gasteiger partial charge in [0.15, 0.2) is 0 Å². The molecule has 0 radical (unpaired) electrons. The van der Waals surface area contributed by atoms with E-state index < -0.39 is 11.6 Å². The Balaban J connectivity index is 2.29. The smallest absolute Gasteiger partial charge is 0.142 e. The highest BCUT2D eigenvalue weighted by atomic mass is 19.1. The third-order valence-corrected chi connectivity index (χ3v) is 2.58. The van der Waals surface area contributed by atoms with E-state index in [0.29, 0.717) is 24.1 Å². The van der Waals surface area contributed by atoms with Gasteiger partial charge >= 0.3 is 0 Å². The van der Waals surface area contributed by atoms with E-state index >= 15 is 0 Å². The summed E-state index contributed by atoms with van der Waals surface area (Å²) in [6.07, 6.45) is 1.55. The lowest BCUT2D eigenvalue weighted by molar-refractivity contribution is 0.572. The Morgan fingerprint density at radius 2 is 2.00 bits per heavy atom. The number of nitrogens with one attached hydrogen (secondary N) is 1. The minimum absolute atomic E-state index is 0.146. The Kier molecular flexibility index (Phi) is 4.16. The van der Waals surface area contributed by atoms with Crippen LogP contribution in [0, 0.1) is 11.6 Å². The van der Waals surface area contributed by atoms with Gasteiger partial charge in [-0.15, -0.1) is 0 Å². The first-order chi connectivity index (χ1) is 9.06. The van der Waals surface area contributed by atoms with Crippen molar-refractivity contribution in [1.82, 2.24) is 15.3 Å². The number of halogens is 2. The maximum Gasteiger partial charge on any atom is 0.142 e. The van der Waals surface area contributed by atoms with Crippen molar-refractivity contribution in [3.05, 3.63) is 47.9 Å². The Labute approximate surface area is 110 Å². The van der Waals surface area contributed by atoms with Gasteiger partial charge in [0.1, 0.15) is 17.5 Å². The third kappa shape index (κ3) is 3.54. The van der Waals surface area contributed by atoms with Gasteiger partial charge in [-0.1, -0.05) is 13.8 Å². The second-order valence-electron chi connectivity index (χ2n) is 4.52. The SMILES string of the molecule is CC(C)NCc1nccc(-c2cc(F)ccc2F)n1. The van der Waals surface area contributed by atoms with Gasteiger partial charge in [0.2, 0.25) is 0 Å². The molecule has 1 aromatic carbocycles. The second kappa shape index (κ2) is 5.84. The second-order valence-corrected chi connectivity index (χ2v) is 4.52. The normalized spacial score (nSPS) is 11.0. The summed E-state index contributed by atoms with van der Waals surface area (Å²) in [5.74, 6) is -0.436. The third-order valence-electron chi connectivity index (χ3n) is 2.58. The summed E-state index contributed by atoms with van der Waals surface area (Å²) in [7, 11) is 0. The Morgan fingerprint density at radius 1 is 1.21 bits per heavy atom. The molecule has 0 aliphatic carbocycles. The summed E-state index contributed by atoms with van der Waals surface area (Å²) in [6, 6.07) is 5.19. The largest absolute Gasteiger partial charge is 0.308 e. The fourth-order valence-electron chi connectivity index (χ4n) is 1.62. The molecule has 1 heterocycles. The van der Waals surface area contributed by atoms with Crippen LogP contribution in [0.25, 0.3) is 11.3 Å². The van der Waals surface area contributed by atoms with Gasteiger partial charge < -0.3 is 5.32 Å². The lowest BCUT2D eigenvalue weighted by Crippen LogP contribution is -2.23. The average Bonchev–Trinajstić information content (AvgIpc) is 2.39. The molecule has 0 aliphatic rings. The lowest BCUT2D eigenvalue weighted by atomic mass is 10.1. The quantitative estimate of drug-likeness (QED) is 0.921. The number of rotatable bonds is 4. The lowest BCUT2D eigenvalue weighted by Gasteiger charge is -2.08. The van der Waals surface area contributed by atoms with Crippen LogP contribution < -0.4 is 5.32 Å². The van der Waals surface area contributed by atoms with E-state index in [-0.39, 0.29) is 5.56 Å². The van der Waals surface area contributed by atoms with Gasteiger partial charge in [-0.05, 0) is 24.3 Å². The van der Waals surface area contributed by atoms with Gasteiger partial charge in [-0.25, -0.2) is 18.7 Å². The standard InChI is InChI=1S/C14H15F2N3/c1-9(2)18-8-14-17-6-5-13(19-14)11-7-10(15)3-4-12(11)16/h3-7,9,18H,8H2,1-2H3. The van der Waals surface area contributed by atoms with E-state index in [0.717, 1.165) is 18.2 Å². The molecular weight excluding hydrogens is 248 g/mol. The molecule has 0 fully saturated rings. The van der Waals surface area contributed by atoms with E-state index in [2.05, 4.69) is 15.3 Å². The Morgan fingerprint density at radius 3 is 2.74 bits per heavy atom. The highest BCUT2D eigenvalue weighted by Crippen LogP contribution is 2.21. The zero-order valence-corrected chi connectivity index (χ0v) is 10.8. The van der Waals surface area contributed by atoms with Gasteiger partial charge in [0.25, 0.3) is 0 Å². The molecule has 3 nitrogen and oxygen atoms in total. The van der Waals surface area contributed by atoms with E-state index in [4.69, 9.17) is 0 Å². The summed E-state index contributed by atoms with van der Waals surface area (Å²) in [5.41, 5.74) is 0.528. The summed E-state index contributed by atoms with van der Waals surface area (Å²) in [5, 5.41) is 3.17. The van der Waals surface area contributed by atoms with Crippen molar-refractivity contribution in [2.75, 3.05) is 0 Å². The van der Waals surface area contributed by atoms with Crippen molar-refractivity contribution in [3.8, 4) is 11.3 Å². The van der Waals surface area contributed by atoms with Crippen LogP contribution in [0.1, 0.15) is 19.7 Å². The van der Waals surface area contributed by atoms with Crippen molar-refractivity contribution < 1.29 is 8.78 Å². The molecule has 2 aromatic rings. The van der Waals surface area contributed by atoms with Crippen molar-refractivity contribution in [1.29, 1.82) is 0 Å². The van der Waals surface area contributed by atoms with Crippen molar-refractivity contribution in [3.63, 3.8) is 0 Å². The number of aromatic nitrogens is 2. The molecule has 0 saturated carbocycles. The highest BCUT2D eigenvalue weighted by Gasteiger charge is 2.09. The maximum absolute atomic E-state index is 13.7. The van der Waals surface area contributed by atoms with E-state index in [1.165, 1.54) is 0 Å². The molecule has 0 spiro atoms. The number of hydrogen-bond donors (Lipinski definition) is 1. The fraction of sp³-hybridized carbons (Fsp3) is 0.286. The zero-order valence-electron chi connectivity index (χ0n) is 10.8. The summed E-state index contributed by atoms with van der Waals surface area (Å²) >= 11 is 0. The van der Waals surface area contributed by atoms with Crippen LogP contribution in [-0.2, 0) is 6.54 Å². The first-order valence-corrected chi connectivity index (χ1v) is 6.07. The number of benzene rings is 1. The van der Waals surface area contributed by atoms with Crippen LogP contribution >= 0.6 is 0 Å². The van der Waals surface area contributed by atoms with Crippen LogP contribution in [-0.4, -0.2) is 16.0 Å². The van der Waals surface area contributed by atoms with Gasteiger partial charge in [-0.2, -0.15) is 0 Å². The molecule has 0 atom stereocenters. The van der Waals surface area contributed by atoms with Crippen LogP contribution in [0.2, 0.25) is 0 Å². The topological polar surface area (TPSA) is 37.8 Å². The van der Waals surface area contributed by atoms with Crippen LogP contribution in [0.4, 0.5) is 8.78 Å². The van der Waals surface area contributed by atoms with Gasteiger partial charge in [0.05, 0.1) is 12.2 Å². The predicted molar refractivity (Wildman–Crippen MR) is 69.4 cm³/mol. The van der Waals surface area contributed by atoms with Gasteiger partial charge in [-0.3, -0.25) is 0 Å². The number of nitrogens with zero attached hydrogens (tertiary/aromatic N) is 2. The predicted octanol–water partition coefficient (Wildman–Crippen LogP) is 2.92. The highest BCUT2D eigenvalue weighted by molar-refractivity contribution is 5.59.